The molecule has 2 aliphatic carbocycles. The van der Waals surface area contributed by atoms with E-state index in [9.17, 15) is 0 Å². The molecule has 0 nitrogen and oxygen atoms in total. The van der Waals surface area contributed by atoms with Gasteiger partial charge in [-0.1, -0.05) is 75.7 Å². The van der Waals surface area contributed by atoms with Crippen LogP contribution in [0.15, 0.2) is 24.3 Å². The summed E-state index contributed by atoms with van der Waals surface area (Å²) in [5, 5.41) is 0. The normalized spacial score (nSPS) is 25.6. The topological polar surface area (TPSA) is 0 Å². The molecule has 0 atom stereocenters. The molecule has 0 heterocycles. The Kier molecular flexibility index (Phi) is 13.0. The molecule has 20 heavy (non-hydrogen) atoms. The van der Waals surface area contributed by atoms with Crippen molar-refractivity contribution in [2.75, 3.05) is 0 Å². The van der Waals surface area contributed by atoms with Crippen molar-refractivity contribution in [2.45, 2.75) is 103 Å². The maximum atomic E-state index is 2.38. The molecule has 0 radical (unpaired) electrons. The van der Waals surface area contributed by atoms with E-state index in [1.54, 1.807) is 0 Å². The SMILES string of the molecule is C1=C/CCCCCCCCCC/1.C1=C\CCCCCC/1. The molecule has 0 N–H and O–H groups in total. The number of allylic oxidation sites excluding steroid dienone is 4. The Morgan fingerprint density at radius 1 is 0.250 bits per heavy atom. The first-order valence-corrected chi connectivity index (χ1v) is 9.30. The van der Waals surface area contributed by atoms with Crippen LogP contribution < -0.4 is 0 Å². The molecule has 0 aliphatic heterocycles. The average Bonchev–Trinajstić information content (AvgIpc) is 2.39. The quantitative estimate of drug-likeness (QED) is 0.405. The van der Waals surface area contributed by atoms with E-state index in [1.807, 2.05) is 0 Å². The number of hydrogen-bond acceptors (Lipinski definition) is 0. The van der Waals surface area contributed by atoms with Crippen LogP contribution in [-0.2, 0) is 0 Å². The van der Waals surface area contributed by atoms with Gasteiger partial charge in [0.05, 0.1) is 0 Å². The molecular formula is C20H36. The van der Waals surface area contributed by atoms with Gasteiger partial charge in [-0.15, -0.1) is 0 Å². The molecule has 0 amide bonds. The highest BCUT2D eigenvalue weighted by molar-refractivity contribution is 4.82. The van der Waals surface area contributed by atoms with E-state index in [0.29, 0.717) is 0 Å². The molecule has 0 aromatic rings. The lowest BCUT2D eigenvalue weighted by molar-refractivity contribution is 0.566. The molecule has 2 rings (SSSR count). The minimum atomic E-state index is 1.32. The fraction of sp³-hybridized carbons (Fsp3) is 0.800. The summed E-state index contributed by atoms with van der Waals surface area (Å²) in [7, 11) is 0. The molecule has 116 valence electrons. The predicted octanol–water partition coefficient (Wildman–Crippen LogP) is 7.35. The number of rotatable bonds is 0. The highest BCUT2D eigenvalue weighted by Crippen LogP contribution is 2.12. The lowest BCUT2D eigenvalue weighted by atomic mass is 10.0. The fourth-order valence-electron chi connectivity index (χ4n) is 2.93. The minimum Gasteiger partial charge on any atom is -0.0885 e. The molecule has 0 aromatic heterocycles. The Bertz CT molecular complexity index is 212. The zero-order valence-electron chi connectivity index (χ0n) is 13.6. The lowest BCUT2D eigenvalue weighted by Gasteiger charge is -2.02. The van der Waals surface area contributed by atoms with Crippen molar-refractivity contribution in [1.29, 1.82) is 0 Å². The largest absolute Gasteiger partial charge is 0.0885 e. The van der Waals surface area contributed by atoms with Gasteiger partial charge in [0.15, 0.2) is 0 Å². The van der Waals surface area contributed by atoms with Crippen LogP contribution in [-0.4, -0.2) is 0 Å². The Morgan fingerprint density at radius 2 is 0.450 bits per heavy atom. The summed E-state index contributed by atoms with van der Waals surface area (Å²) in [5.74, 6) is 0. The minimum absolute atomic E-state index is 1.32. The van der Waals surface area contributed by atoms with Crippen molar-refractivity contribution < 1.29 is 0 Å². The zero-order chi connectivity index (χ0) is 14.1. The van der Waals surface area contributed by atoms with Crippen LogP contribution in [0.1, 0.15) is 103 Å². The molecule has 0 saturated carbocycles. The molecule has 0 fully saturated rings. The molecule has 0 heteroatoms. The smallest absolute Gasteiger partial charge is 0.0351 e. The van der Waals surface area contributed by atoms with Crippen LogP contribution in [0.5, 0.6) is 0 Å². The lowest BCUT2D eigenvalue weighted by Crippen LogP contribution is -1.82. The van der Waals surface area contributed by atoms with E-state index in [-0.39, 0.29) is 0 Å². The third kappa shape index (κ3) is 12.5. The van der Waals surface area contributed by atoms with Crippen molar-refractivity contribution in [3.8, 4) is 0 Å². The summed E-state index contributed by atoms with van der Waals surface area (Å²) >= 11 is 0. The van der Waals surface area contributed by atoms with Crippen LogP contribution in [0.2, 0.25) is 0 Å². The maximum Gasteiger partial charge on any atom is -0.0351 e. The van der Waals surface area contributed by atoms with E-state index < -0.39 is 0 Å². The average molecular weight is 277 g/mol. The third-order valence-corrected chi connectivity index (χ3v) is 4.32. The van der Waals surface area contributed by atoms with Crippen LogP contribution in [0.3, 0.4) is 0 Å². The fourth-order valence-corrected chi connectivity index (χ4v) is 2.93. The Hall–Kier alpha value is -0.520. The first kappa shape index (κ1) is 17.5. The summed E-state index contributed by atoms with van der Waals surface area (Å²) in [4.78, 5) is 0. The highest BCUT2D eigenvalue weighted by Gasteiger charge is 1.93. The van der Waals surface area contributed by atoms with Crippen LogP contribution in [0, 0.1) is 0 Å². The summed E-state index contributed by atoms with van der Waals surface area (Å²) in [6.07, 6.45) is 32.0. The van der Waals surface area contributed by atoms with Gasteiger partial charge in [-0.2, -0.15) is 0 Å². The Labute approximate surface area is 127 Å². The van der Waals surface area contributed by atoms with Crippen molar-refractivity contribution in [1.82, 2.24) is 0 Å². The van der Waals surface area contributed by atoms with Crippen LogP contribution in [0.4, 0.5) is 0 Å². The van der Waals surface area contributed by atoms with E-state index in [4.69, 9.17) is 0 Å². The van der Waals surface area contributed by atoms with Crippen molar-refractivity contribution in [2.24, 2.45) is 0 Å². The van der Waals surface area contributed by atoms with E-state index in [1.165, 1.54) is 103 Å². The van der Waals surface area contributed by atoms with Gasteiger partial charge in [-0.05, 0) is 51.4 Å². The Balaban J connectivity index is 0.000000217. The monoisotopic (exact) mass is 276 g/mol. The first-order chi connectivity index (χ1) is 10.0. The highest BCUT2D eigenvalue weighted by atomic mass is 14.0. The van der Waals surface area contributed by atoms with Crippen molar-refractivity contribution >= 4 is 0 Å². The zero-order valence-corrected chi connectivity index (χ0v) is 13.6. The molecule has 0 aromatic carbocycles. The van der Waals surface area contributed by atoms with E-state index in [0.717, 1.165) is 0 Å². The van der Waals surface area contributed by atoms with Crippen LogP contribution >= 0.6 is 0 Å². The molecule has 2 aliphatic rings. The summed E-state index contributed by atoms with van der Waals surface area (Å²) < 4.78 is 0. The maximum absolute atomic E-state index is 2.38. The summed E-state index contributed by atoms with van der Waals surface area (Å²) in [5.41, 5.74) is 0. The molecule has 0 bridgehead atoms. The van der Waals surface area contributed by atoms with Gasteiger partial charge in [0.2, 0.25) is 0 Å². The van der Waals surface area contributed by atoms with Gasteiger partial charge in [0, 0.05) is 0 Å². The van der Waals surface area contributed by atoms with Gasteiger partial charge < -0.3 is 0 Å². The van der Waals surface area contributed by atoms with Gasteiger partial charge in [-0.25, -0.2) is 0 Å². The van der Waals surface area contributed by atoms with Gasteiger partial charge in [-0.3, -0.25) is 0 Å². The van der Waals surface area contributed by atoms with Gasteiger partial charge in [0.25, 0.3) is 0 Å². The summed E-state index contributed by atoms with van der Waals surface area (Å²) in [6.45, 7) is 0. The molecule has 0 saturated heterocycles. The first-order valence-electron chi connectivity index (χ1n) is 9.30. The van der Waals surface area contributed by atoms with E-state index >= 15 is 0 Å². The van der Waals surface area contributed by atoms with Crippen molar-refractivity contribution in [3.05, 3.63) is 24.3 Å². The van der Waals surface area contributed by atoms with Crippen molar-refractivity contribution in [3.63, 3.8) is 0 Å². The molecule has 0 unspecified atom stereocenters. The second-order valence-corrected chi connectivity index (χ2v) is 6.34. The molecule has 0 spiro atoms. The third-order valence-electron chi connectivity index (χ3n) is 4.32. The number of hydrogen-bond donors (Lipinski definition) is 0. The van der Waals surface area contributed by atoms with Gasteiger partial charge in [0.1, 0.15) is 0 Å². The second kappa shape index (κ2) is 14.9. The second-order valence-electron chi connectivity index (χ2n) is 6.34. The van der Waals surface area contributed by atoms with E-state index in [2.05, 4.69) is 24.3 Å². The Morgan fingerprint density at radius 3 is 0.700 bits per heavy atom. The standard InChI is InChI=1S/C12H22.C8H14/c1-2-4-6-8-10-12-11-9-7-5-3-1;1-2-4-6-8-7-5-3-1/h1-2H,3-12H2;1-2H,3-8H2/b2-1+;2-1-. The molecular weight excluding hydrogens is 240 g/mol. The predicted molar refractivity (Wildman–Crippen MR) is 92.2 cm³/mol. The summed E-state index contributed by atoms with van der Waals surface area (Å²) in [6, 6.07) is 0. The van der Waals surface area contributed by atoms with Gasteiger partial charge >= 0.3 is 0 Å². The van der Waals surface area contributed by atoms with Crippen LogP contribution in [0.25, 0.3) is 0 Å².